The van der Waals surface area contributed by atoms with Crippen LogP contribution in [0.25, 0.3) is 0 Å². The molecule has 3 atom stereocenters. The molecule has 0 amide bonds. The molecule has 5 heteroatoms. The van der Waals surface area contributed by atoms with Crippen molar-refractivity contribution in [1.82, 2.24) is 0 Å². The maximum absolute atomic E-state index is 13.8. The highest BCUT2D eigenvalue weighted by atomic mass is 32.2. The molecule has 0 aromatic carbocycles. The highest BCUT2D eigenvalue weighted by molar-refractivity contribution is 7.86. The van der Waals surface area contributed by atoms with Crippen LogP contribution in [0.5, 0.6) is 0 Å². The van der Waals surface area contributed by atoms with Crippen molar-refractivity contribution in [2.75, 3.05) is 6.26 Å². The third-order valence-corrected chi connectivity index (χ3v) is 3.83. The van der Waals surface area contributed by atoms with Crippen molar-refractivity contribution in [3.8, 4) is 0 Å². The summed E-state index contributed by atoms with van der Waals surface area (Å²) in [4.78, 5) is 0. The zero-order valence-electron chi connectivity index (χ0n) is 10.4. The van der Waals surface area contributed by atoms with Crippen molar-refractivity contribution >= 4 is 10.1 Å². The molecule has 1 aliphatic rings. The first-order chi connectivity index (χ1) is 7.09. The predicted octanol–water partition coefficient (Wildman–Crippen LogP) is 2.52. The van der Waals surface area contributed by atoms with E-state index in [-0.39, 0.29) is 5.41 Å². The van der Waals surface area contributed by atoms with Gasteiger partial charge in [-0.05, 0) is 30.6 Å². The van der Waals surface area contributed by atoms with Gasteiger partial charge in [-0.1, -0.05) is 20.8 Å². The van der Waals surface area contributed by atoms with Crippen LogP contribution < -0.4 is 0 Å². The minimum Gasteiger partial charge on any atom is -0.264 e. The summed E-state index contributed by atoms with van der Waals surface area (Å²) in [5.74, 6) is 0.293. The van der Waals surface area contributed by atoms with Crippen molar-refractivity contribution in [3.63, 3.8) is 0 Å². The molecular weight excluding hydrogens is 231 g/mol. The molecule has 0 radical (unpaired) electrons. The molecule has 1 rings (SSSR count). The van der Waals surface area contributed by atoms with E-state index in [4.69, 9.17) is 4.18 Å². The molecule has 0 aromatic heterocycles. The van der Waals surface area contributed by atoms with Gasteiger partial charge in [0.2, 0.25) is 0 Å². The van der Waals surface area contributed by atoms with Gasteiger partial charge in [-0.2, -0.15) is 8.42 Å². The third-order valence-electron chi connectivity index (χ3n) is 3.24. The van der Waals surface area contributed by atoms with Gasteiger partial charge in [-0.25, -0.2) is 4.39 Å². The maximum Gasteiger partial charge on any atom is 0.264 e. The lowest BCUT2D eigenvalue weighted by Crippen LogP contribution is -2.38. The lowest BCUT2D eigenvalue weighted by Gasteiger charge is -2.38. The first kappa shape index (κ1) is 13.9. The second-order valence-corrected chi connectivity index (χ2v) is 7.33. The predicted molar refractivity (Wildman–Crippen MR) is 61.4 cm³/mol. The van der Waals surface area contributed by atoms with Crippen LogP contribution in [-0.2, 0) is 14.3 Å². The summed E-state index contributed by atoms with van der Waals surface area (Å²) in [7, 11) is -3.55. The van der Waals surface area contributed by atoms with Gasteiger partial charge < -0.3 is 0 Å². The standard InChI is InChI=1S/C11H21FO3S/c1-11(2,3)8-5-6-10(9(12)7-8)15-16(4,13)14/h8-10H,5-7H2,1-4H3/t8-,9+,10+/m0/s1. The van der Waals surface area contributed by atoms with Gasteiger partial charge in [0.25, 0.3) is 10.1 Å². The molecule has 0 aliphatic heterocycles. The highest BCUT2D eigenvalue weighted by Crippen LogP contribution is 2.39. The monoisotopic (exact) mass is 252 g/mol. The van der Waals surface area contributed by atoms with Gasteiger partial charge >= 0.3 is 0 Å². The Kier molecular flexibility index (Phi) is 4.00. The molecule has 1 saturated carbocycles. The lowest BCUT2D eigenvalue weighted by molar-refractivity contribution is 0.0187. The Bertz CT molecular complexity index is 332. The van der Waals surface area contributed by atoms with E-state index in [0.29, 0.717) is 18.8 Å². The van der Waals surface area contributed by atoms with Crippen LogP contribution >= 0.6 is 0 Å². The largest absolute Gasteiger partial charge is 0.264 e. The van der Waals surface area contributed by atoms with Crippen molar-refractivity contribution in [2.45, 2.75) is 52.3 Å². The molecule has 0 unspecified atom stereocenters. The van der Waals surface area contributed by atoms with E-state index >= 15 is 0 Å². The van der Waals surface area contributed by atoms with E-state index in [1.807, 2.05) is 0 Å². The van der Waals surface area contributed by atoms with Crippen LogP contribution in [0.4, 0.5) is 4.39 Å². The molecule has 1 aliphatic carbocycles. The summed E-state index contributed by atoms with van der Waals surface area (Å²) in [6.45, 7) is 6.26. The van der Waals surface area contributed by atoms with E-state index in [9.17, 15) is 12.8 Å². The first-order valence-corrected chi connectivity index (χ1v) is 7.43. The second-order valence-electron chi connectivity index (χ2n) is 5.73. The van der Waals surface area contributed by atoms with Gasteiger partial charge in [0, 0.05) is 0 Å². The van der Waals surface area contributed by atoms with Crippen LogP contribution in [0.1, 0.15) is 40.0 Å². The number of rotatable bonds is 2. The molecule has 16 heavy (non-hydrogen) atoms. The molecular formula is C11H21FO3S. The molecule has 0 bridgehead atoms. The topological polar surface area (TPSA) is 43.4 Å². The Morgan fingerprint density at radius 2 is 1.81 bits per heavy atom. The zero-order valence-corrected chi connectivity index (χ0v) is 11.2. The number of halogens is 1. The Labute approximate surface area is 97.5 Å². The van der Waals surface area contributed by atoms with Gasteiger partial charge in [0.15, 0.2) is 0 Å². The molecule has 0 spiro atoms. The quantitative estimate of drug-likeness (QED) is 0.709. The molecule has 0 saturated heterocycles. The van der Waals surface area contributed by atoms with Crippen molar-refractivity contribution in [1.29, 1.82) is 0 Å². The highest BCUT2D eigenvalue weighted by Gasteiger charge is 2.37. The molecule has 0 N–H and O–H groups in total. The van der Waals surface area contributed by atoms with Gasteiger partial charge in [-0.3, -0.25) is 4.18 Å². The smallest absolute Gasteiger partial charge is 0.264 e. The Morgan fingerprint density at radius 1 is 1.25 bits per heavy atom. The molecule has 0 aromatic rings. The van der Waals surface area contributed by atoms with Crippen molar-refractivity contribution < 1.29 is 17.0 Å². The van der Waals surface area contributed by atoms with Crippen LogP contribution in [0.2, 0.25) is 0 Å². The Morgan fingerprint density at radius 3 is 2.19 bits per heavy atom. The lowest BCUT2D eigenvalue weighted by atomic mass is 9.71. The van der Waals surface area contributed by atoms with Crippen molar-refractivity contribution in [2.24, 2.45) is 11.3 Å². The van der Waals surface area contributed by atoms with Gasteiger partial charge in [0.1, 0.15) is 12.3 Å². The van der Waals surface area contributed by atoms with Crippen molar-refractivity contribution in [3.05, 3.63) is 0 Å². The van der Waals surface area contributed by atoms with Crippen LogP contribution in [-0.4, -0.2) is 26.9 Å². The first-order valence-electron chi connectivity index (χ1n) is 5.62. The normalized spacial score (nSPS) is 32.7. The SMILES string of the molecule is CC(C)(C)[C@H]1CC[C@@H](OS(C)(=O)=O)[C@H](F)C1. The summed E-state index contributed by atoms with van der Waals surface area (Å²) < 4.78 is 40.4. The fourth-order valence-corrected chi connectivity index (χ4v) is 2.87. The molecule has 3 nitrogen and oxygen atoms in total. The number of hydrogen-bond acceptors (Lipinski definition) is 3. The van der Waals surface area contributed by atoms with E-state index in [1.165, 1.54) is 0 Å². The molecule has 0 heterocycles. The van der Waals surface area contributed by atoms with Gasteiger partial charge in [0.05, 0.1) is 6.26 Å². The molecule has 1 fully saturated rings. The van der Waals surface area contributed by atoms with Crippen LogP contribution in [0, 0.1) is 11.3 Å². The fourth-order valence-electron chi connectivity index (χ4n) is 2.21. The van der Waals surface area contributed by atoms with E-state index in [2.05, 4.69) is 20.8 Å². The van der Waals surface area contributed by atoms with Crippen LogP contribution in [0.15, 0.2) is 0 Å². The summed E-state index contributed by atoms with van der Waals surface area (Å²) >= 11 is 0. The number of alkyl halides is 1. The molecule has 96 valence electrons. The van der Waals surface area contributed by atoms with Gasteiger partial charge in [-0.15, -0.1) is 0 Å². The minimum absolute atomic E-state index is 0.0698. The summed E-state index contributed by atoms with van der Waals surface area (Å²) in [6.07, 6.45) is 0.709. The number of hydrogen-bond donors (Lipinski definition) is 0. The van der Waals surface area contributed by atoms with Crippen LogP contribution in [0.3, 0.4) is 0 Å². The summed E-state index contributed by atoms with van der Waals surface area (Å²) in [6, 6.07) is 0. The van der Waals surface area contributed by atoms with E-state index in [1.54, 1.807) is 0 Å². The second kappa shape index (κ2) is 4.61. The van der Waals surface area contributed by atoms with E-state index in [0.717, 1.165) is 12.7 Å². The average molecular weight is 252 g/mol. The van der Waals surface area contributed by atoms with E-state index < -0.39 is 22.4 Å². The zero-order chi connectivity index (χ0) is 12.6. The summed E-state index contributed by atoms with van der Waals surface area (Å²) in [5, 5.41) is 0. The Hall–Kier alpha value is -0.160. The third kappa shape index (κ3) is 4.01. The minimum atomic E-state index is -3.55. The fraction of sp³-hybridized carbons (Fsp3) is 1.00. The average Bonchev–Trinajstić information content (AvgIpc) is 2.04. The maximum atomic E-state index is 13.8. The summed E-state index contributed by atoms with van der Waals surface area (Å²) in [5.41, 5.74) is 0.0698. The Balaban J connectivity index is 2.60.